The van der Waals surface area contributed by atoms with E-state index in [1.807, 2.05) is 66.7 Å². The highest BCUT2D eigenvalue weighted by molar-refractivity contribution is 7.87. The Morgan fingerprint density at radius 1 is 0.649 bits per heavy atom. The molecule has 5 rings (SSSR count). The van der Waals surface area contributed by atoms with Crippen LogP contribution in [0.3, 0.4) is 0 Å². The van der Waals surface area contributed by atoms with Gasteiger partial charge in [-0.15, -0.1) is 0 Å². The number of rotatable bonds is 8. The number of ketones is 1. The lowest BCUT2D eigenvalue weighted by atomic mass is 10.1. The Bertz CT molecular complexity index is 1430. The van der Waals surface area contributed by atoms with Crippen molar-refractivity contribution < 1.29 is 18.7 Å². The van der Waals surface area contributed by atoms with Crippen LogP contribution >= 0.6 is 7.05 Å². The Morgan fingerprint density at radius 2 is 1.16 bits per heavy atom. The summed E-state index contributed by atoms with van der Waals surface area (Å²) in [6, 6.07) is 41.2. The Hall–Kier alpha value is -4.47. The van der Waals surface area contributed by atoms with E-state index in [4.69, 9.17) is 13.9 Å². The SMILES string of the molecule is O=C(COC(=O)c1ccco1)c1ccc(N=P(c2ccccc2)(c2ccccc2)c2ccccc2)cc1. The molecule has 0 atom stereocenters. The lowest BCUT2D eigenvalue weighted by Crippen LogP contribution is -2.25. The Kier molecular flexibility index (Phi) is 7.25. The number of carbonyl (C=O) groups is 2. The Balaban J connectivity index is 1.53. The van der Waals surface area contributed by atoms with Gasteiger partial charge >= 0.3 is 5.97 Å². The number of Topliss-reactive ketones (excluding diaryl/α,β-unsaturated/α-hetero) is 1. The van der Waals surface area contributed by atoms with E-state index in [-0.39, 0.29) is 18.2 Å². The summed E-state index contributed by atoms with van der Waals surface area (Å²) in [5, 5.41) is 3.41. The molecule has 0 saturated heterocycles. The van der Waals surface area contributed by atoms with Gasteiger partial charge in [0, 0.05) is 21.5 Å². The van der Waals surface area contributed by atoms with Crippen molar-refractivity contribution >= 4 is 40.4 Å². The van der Waals surface area contributed by atoms with Gasteiger partial charge in [0.15, 0.2) is 12.4 Å². The predicted octanol–water partition coefficient (Wildman–Crippen LogP) is 6.13. The van der Waals surface area contributed by atoms with Crippen LogP contribution in [0.4, 0.5) is 5.69 Å². The second-order valence-corrected chi connectivity index (χ2v) is 11.3. The van der Waals surface area contributed by atoms with Crippen LogP contribution < -0.4 is 15.9 Å². The van der Waals surface area contributed by atoms with Crippen molar-refractivity contribution in [1.82, 2.24) is 0 Å². The third-order valence-corrected chi connectivity index (χ3v) is 9.57. The first kappa shape index (κ1) is 24.2. The molecule has 37 heavy (non-hydrogen) atoms. The summed E-state index contributed by atoms with van der Waals surface area (Å²) in [6.07, 6.45) is 1.38. The average Bonchev–Trinajstić information content (AvgIpc) is 3.52. The molecule has 0 aliphatic carbocycles. The van der Waals surface area contributed by atoms with Crippen molar-refractivity contribution in [2.24, 2.45) is 4.74 Å². The molecule has 0 spiro atoms. The number of hydrogen-bond acceptors (Lipinski definition) is 5. The molecule has 0 aliphatic heterocycles. The molecule has 0 amide bonds. The van der Waals surface area contributed by atoms with Crippen LogP contribution in [0.25, 0.3) is 0 Å². The van der Waals surface area contributed by atoms with E-state index in [0.29, 0.717) is 5.56 Å². The van der Waals surface area contributed by atoms with E-state index in [1.165, 1.54) is 12.3 Å². The van der Waals surface area contributed by atoms with E-state index in [9.17, 15) is 9.59 Å². The van der Waals surface area contributed by atoms with E-state index < -0.39 is 13.0 Å². The van der Waals surface area contributed by atoms with Gasteiger partial charge in [-0.3, -0.25) is 9.54 Å². The molecule has 1 aromatic heterocycles. The molecule has 0 aliphatic rings. The maximum atomic E-state index is 12.6. The van der Waals surface area contributed by atoms with Crippen LogP contribution in [0.5, 0.6) is 0 Å². The lowest BCUT2D eigenvalue weighted by molar-refractivity contribution is 0.0444. The second-order valence-electron chi connectivity index (χ2n) is 8.27. The summed E-state index contributed by atoms with van der Waals surface area (Å²) in [5.74, 6) is -0.917. The van der Waals surface area contributed by atoms with Gasteiger partial charge in [0.05, 0.1) is 19.0 Å². The van der Waals surface area contributed by atoms with Gasteiger partial charge in [-0.1, -0.05) is 91.0 Å². The second kappa shape index (κ2) is 11.1. The zero-order chi connectivity index (χ0) is 25.5. The fraction of sp³-hybridized carbons (Fsp3) is 0.0323. The maximum Gasteiger partial charge on any atom is 0.374 e. The monoisotopic (exact) mass is 505 g/mol. The van der Waals surface area contributed by atoms with Crippen LogP contribution in [-0.2, 0) is 4.74 Å². The molecule has 4 aromatic carbocycles. The standard InChI is InChI=1S/C31H24NO4P/c33-29(23-36-31(34)30-17-10-22-35-30)24-18-20-25(21-19-24)32-37(26-11-4-1-5-12-26,27-13-6-2-7-14-27)28-15-8-3-9-16-28/h1-22H,23H2. The molecule has 0 fully saturated rings. The van der Waals surface area contributed by atoms with Crippen molar-refractivity contribution in [1.29, 1.82) is 0 Å². The summed E-state index contributed by atoms with van der Waals surface area (Å²) in [7, 11) is -2.41. The normalized spacial score (nSPS) is 11.0. The Morgan fingerprint density at radius 3 is 1.62 bits per heavy atom. The van der Waals surface area contributed by atoms with Crippen molar-refractivity contribution in [2.45, 2.75) is 0 Å². The number of nitrogens with zero attached hydrogens (tertiary/aromatic N) is 1. The first-order valence-electron chi connectivity index (χ1n) is 11.8. The summed E-state index contributed by atoms with van der Waals surface area (Å²) < 4.78 is 15.5. The van der Waals surface area contributed by atoms with Crippen LogP contribution in [0, 0.1) is 0 Å². The van der Waals surface area contributed by atoms with E-state index >= 15 is 0 Å². The lowest BCUT2D eigenvalue weighted by Gasteiger charge is -2.27. The highest BCUT2D eigenvalue weighted by atomic mass is 31.2. The van der Waals surface area contributed by atoms with Gasteiger partial charge in [0.1, 0.15) is 0 Å². The van der Waals surface area contributed by atoms with Crippen molar-refractivity contribution in [2.75, 3.05) is 6.61 Å². The average molecular weight is 506 g/mol. The molecule has 6 heteroatoms. The zero-order valence-electron chi connectivity index (χ0n) is 19.9. The topological polar surface area (TPSA) is 68.9 Å². The molecule has 0 radical (unpaired) electrons. The van der Waals surface area contributed by atoms with Gasteiger partial charge in [0.25, 0.3) is 0 Å². The van der Waals surface area contributed by atoms with E-state index in [1.54, 1.807) is 18.2 Å². The minimum Gasteiger partial charge on any atom is -0.457 e. The first-order valence-corrected chi connectivity index (χ1v) is 13.5. The largest absolute Gasteiger partial charge is 0.457 e. The highest BCUT2D eigenvalue weighted by Crippen LogP contribution is 2.49. The number of ether oxygens (including phenoxy) is 1. The number of benzene rings is 4. The Labute approximate surface area is 215 Å². The molecule has 1 heterocycles. The summed E-state index contributed by atoms with van der Waals surface area (Å²) in [6.45, 7) is -0.370. The minimum absolute atomic E-state index is 0.0602. The molecule has 0 bridgehead atoms. The molecule has 5 aromatic rings. The van der Waals surface area contributed by atoms with Crippen LogP contribution in [0.1, 0.15) is 20.9 Å². The van der Waals surface area contributed by atoms with Crippen molar-refractivity contribution in [3.05, 3.63) is 145 Å². The first-order chi connectivity index (χ1) is 18.2. The van der Waals surface area contributed by atoms with Gasteiger partial charge in [-0.05, 0) is 36.4 Å². The quantitative estimate of drug-likeness (QED) is 0.145. The molecular weight excluding hydrogens is 481 g/mol. The van der Waals surface area contributed by atoms with E-state index in [0.717, 1.165) is 21.6 Å². The maximum absolute atomic E-state index is 12.6. The number of carbonyl (C=O) groups excluding carboxylic acids is 2. The fourth-order valence-electron chi connectivity index (χ4n) is 4.12. The predicted molar refractivity (Wildman–Crippen MR) is 147 cm³/mol. The number of furan rings is 1. The van der Waals surface area contributed by atoms with Crippen LogP contribution in [0.2, 0.25) is 0 Å². The van der Waals surface area contributed by atoms with Gasteiger partial charge in [-0.25, -0.2) is 4.79 Å². The third-order valence-electron chi connectivity index (χ3n) is 5.90. The molecular formula is C31H24NO4P. The van der Waals surface area contributed by atoms with Crippen molar-refractivity contribution in [3.63, 3.8) is 0 Å². The smallest absolute Gasteiger partial charge is 0.374 e. The highest BCUT2D eigenvalue weighted by Gasteiger charge is 2.27. The molecule has 0 N–H and O–H groups in total. The number of hydrogen-bond donors (Lipinski definition) is 0. The van der Waals surface area contributed by atoms with Crippen molar-refractivity contribution in [3.8, 4) is 0 Å². The summed E-state index contributed by atoms with van der Waals surface area (Å²) >= 11 is 0. The summed E-state index contributed by atoms with van der Waals surface area (Å²) in [4.78, 5) is 24.6. The molecule has 0 saturated carbocycles. The fourth-order valence-corrected chi connectivity index (χ4v) is 7.65. The molecule has 5 nitrogen and oxygen atoms in total. The minimum atomic E-state index is -2.41. The van der Waals surface area contributed by atoms with Crippen LogP contribution in [0.15, 0.2) is 143 Å². The zero-order valence-corrected chi connectivity index (χ0v) is 20.8. The van der Waals surface area contributed by atoms with Gasteiger partial charge in [0.2, 0.25) is 5.76 Å². The van der Waals surface area contributed by atoms with E-state index in [2.05, 4.69) is 36.4 Å². The number of esters is 1. The van der Waals surface area contributed by atoms with Gasteiger partial charge in [-0.2, -0.15) is 0 Å². The summed E-state index contributed by atoms with van der Waals surface area (Å²) in [5.41, 5.74) is 1.20. The molecule has 182 valence electrons. The van der Waals surface area contributed by atoms with Crippen LogP contribution in [-0.4, -0.2) is 18.4 Å². The van der Waals surface area contributed by atoms with Gasteiger partial charge < -0.3 is 9.15 Å². The molecule has 0 unspecified atom stereocenters. The third kappa shape index (κ3) is 5.23.